The van der Waals surface area contributed by atoms with Gasteiger partial charge in [0.15, 0.2) is 12.4 Å². The second-order valence-corrected chi connectivity index (χ2v) is 21.8. The van der Waals surface area contributed by atoms with Gasteiger partial charge >= 0.3 is 5.97 Å². The van der Waals surface area contributed by atoms with Crippen LogP contribution in [-0.4, -0.2) is 99.6 Å². The molecule has 1 amide bonds. The summed E-state index contributed by atoms with van der Waals surface area (Å²) in [6.07, 6.45) is 65.5. The van der Waals surface area contributed by atoms with E-state index in [4.69, 9.17) is 14.2 Å². The van der Waals surface area contributed by atoms with Crippen molar-refractivity contribution in [1.29, 1.82) is 0 Å². The van der Waals surface area contributed by atoms with Crippen molar-refractivity contribution in [2.24, 2.45) is 0 Å². The van der Waals surface area contributed by atoms with Crippen molar-refractivity contribution in [3.63, 3.8) is 0 Å². The van der Waals surface area contributed by atoms with E-state index in [1.807, 2.05) is 42.5 Å². The molecule has 0 bridgehead atoms. The molecule has 0 radical (unpaired) electrons. The maximum atomic E-state index is 13.4. The van der Waals surface area contributed by atoms with Gasteiger partial charge in [-0.2, -0.15) is 0 Å². The highest BCUT2D eigenvalue weighted by Crippen LogP contribution is 2.26. The van der Waals surface area contributed by atoms with Crippen LogP contribution in [-0.2, 0) is 23.8 Å². The molecule has 0 saturated carbocycles. The summed E-state index contributed by atoms with van der Waals surface area (Å²) < 4.78 is 17.6. The molecule has 1 aliphatic rings. The van der Waals surface area contributed by atoms with Crippen LogP contribution in [0.3, 0.4) is 0 Å². The van der Waals surface area contributed by atoms with E-state index < -0.39 is 67.4 Å². The molecule has 0 spiro atoms. The number of amides is 1. The summed E-state index contributed by atoms with van der Waals surface area (Å²) in [5, 5.41) is 57.0. The fraction of sp³-hybridized carbons (Fsp3) is 0.710. The van der Waals surface area contributed by atoms with E-state index in [1.165, 1.54) is 96.3 Å². The lowest BCUT2D eigenvalue weighted by Gasteiger charge is -2.41. The molecule has 11 nitrogen and oxygen atoms in total. The molecule has 6 N–H and O–H groups in total. The normalized spacial score (nSPS) is 19.5. The van der Waals surface area contributed by atoms with Crippen LogP contribution in [0.2, 0.25) is 0 Å². The highest BCUT2D eigenvalue weighted by molar-refractivity contribution is 5.80. The Morgan fingerprint density at radius 2 is 0.950 bits per heavy atom. The number of esters is 1. The molecule has 0 aromatic carbocycles. The quantitative estimate of drug-likeness (QED) is 0.0149. The molecule has 80 heavy (non-hydrogen) atoms. The minimum atomic E-state index is -1.63. The van der Waals surface area contributed by atoms with Crippen LogP contribution in [0.5, 0.6) is 0 Å². The van der Waals surface area contributed by atoms with Gasteiger partial charge in [0.25, 0.3) is 0 Å². The number of allylic oxidation sites excluding steroid dienone is 17. The van der Waals surface area contributed by atoms with Crippen molar-refractivity contribution in [2.75, 3.05) is 13.2 Å². The summed E-state index contributed by atoms with van der Waals surface area (Å²) in [6, 6.07) is -1.04. The zero-order valence-electron chi connectivity index (χ0n) is 50.7. The van der Waals surface area contributed by atoms with Gasteiger partial charge in [-0.25, -0.2) is 0 Å². The number of aliphatic hydroxyl groups excluding tert-OH is 5. The van der Waals surface area contributed by atoms with Gasteiger partial charge in [0.2, 0.25) is 5.91 Å². The van der Waals surface area contributed by atoms with Crippen molar-refractivity contribution in [2.45, 2.75) is 301 Å². The Hall–Kier alpha value is -3.68. The lowest BCUT2D eigenvalue weighted by Crippen LogP contribution is -2.61. The van der Waals surface area contributed by atoms with Crippen molar-refractivity contribution < 1.29 is 49.3 Å². The molecule has 0 aromatic rings. The monoisotopic (exact) mass is 1120 g/mol. The number of aliphatic hydroxyl groups is 5. The smallest absolute Gasteiger partial charge is 0.306 e. The van der Waals surface area contributed by atoms with E-state index >= 15 is 0 Å². The lowest BCUT2D eigenvalue weighted by atomic mass is 9.99. The third kappa shape index (κ3) is 43.1. The standard InChI is InChI=1S/C69H117NO10/c1-4-7-10-13-16-19-22-25-27-28-29-30-31-32-33-34-35-36-37-39-42-45-48-51-54-57-64(74)80-67-66(76)65(75)63(58-71)79-69(67)78-59-60(61(72)55-52-49-46-43-40-24-21-18-15-12-9-6-3)70-68(77)62(73)56-53-50-47-44-41-38-26-23-20-17-14-11-8-5-2/h8,11,14,16-17,19-20,23,25-27,29-30,32-33,38,52,55,60-63,65-67,69,71-73,75-76H,4-7,9-10,12-13,15,18,21-22,24,28,31,34-37,39-51,53-54,56-59H2,1-3H3,(H,70,77)/b11-8+,17-14+,19-16-,23-20+,27-25-,30-29-,33-32-,38-26-,55-52+. The highest BCUT2D eigenvalue weighted by Gasteiger charge is 2.47. The number of hydrogen-bond acceptors (Lipinski definition) is 10. The van der Waals surface area contributed by atoms with Gasteiger partial charge in [0, 0.05) is 6.42 Å². The van der Waals surface area contributed by atoms with Gasteiger partial charge in [-0.15, -0.1) is 0 Å². The van der Waals surface area contributed by atoms with Crippen LogP contribution in [0, 0.1) is 0 Å². The Morgan fingerprint density at radius 3 is 1.49 bits per heavy atom. The van der Waals surface area contributed by atoms with Crippen molar-refractivity contribution in [3.05, 3.63) is 109 Å². The van der Waals surface area contributed by atoms with Crippen LogP contribution >= 0.6 is 0 Å². The molecule has 1 fully saturated rings. The Labute approximate surface area is 488 Å². The Morgan fingerprint density at radius 1 is 0.512 bits per heavy atom. The Kier molecular flexibility index (Phi) is 51.9. The summed E-state index contributed by atoms with van der Waals surface area (Å²) in [4.78, 5) is 26.6. The molecule has 8 unspecified atom stereocenters. The molecule has 8 atom stereocenters. The Balaban J connectivity index is 2.63. The lowest BCUT2D eigenvalue weighted by molar-refractivity contribution is -0.305. The highest BCUT2D eigenvalue weighted by atomic mass is 16.7. The average molecular weight is 1120 g/mol. The van der Waals surface area contributed by atoms with Gasteiger partial charge in [-0.1, -0.05) is 265 Å². The van der Waals surface area contributed by atoms with Gasteiger partial charge in [0.05, 0.1) is 25.4 Å². The number of hydrogen-bond donors (Lipinski definition) is 6. The van der Waals surface area contributed by atoms with E-state index in [2.05, 4.69) is 86.8 Å². The first-order chi connectivity index (χ1) is 39.2. The molecule has 0 aliphatic carbocycles. The maximum absolute atomic E-state index is 13.4. The predicted molar refractivity (Wildman–Crippen MR) is 333 cm³/mol. The largest absolute Gasteiger partial charge is 0.454 e. The molecule has 1 heterocycles. The maximum Gasteiger partial charge on any atom is 0.306 e. The van der Waals surface area contributed by atoms with Crippen molar-refractivity contribution in [3.8, 4) is 0 Å². The van der Waals surface area contributed by atoms with Crippen molar-refractivity contribution >= 4 is 11.9 Å². The molecular weight excluding hydrogens is 1000 g/mol. The van der Waals surface area contributed by atoms with Crippen LogP contribution in [0.15, 0.2) is 109 Å². The van der Waals surface area contributed by atoms with E-state index in [0.29, 0.717) is 12.8 Å². The molecule has 0 aromatic heterocycles. The molecule has 1 aliphatic heterocycles. The number of unbranched alkanes of at least 4 members (excludes halogenated alkanes) is 26. The van der Waals surface area contributed by atoms with Gasteiger partial charge in [-0.3, -0.25) is 9.59 Å². The van der Waals surface area contributed by atoms with Gasteiger partial charge < -0.3 is 45.1 Å². The first-order valence-electron chi connectivity index (χ1n) is 32.2. The molecule has 1 rings (SSSR count). The van der Waals surface area contributed by atoms with E-state index in [9.17, 15) is 35.1 Å². The SMILES string of the molecule is CC/C=C/C=C/C=C/C=C\CCCCCCC(O)C(=O)NC(COC1OC(CO)C(O)C(O)C1OC(=O)CCCCCCCCCCC/C=C\C/C=C\C/C=C\C/C=C\CCCCC)C(O)/C=C/CCCCCCCCCCCC. The second-order valence-electron chi connectivity index (χ2n) is 21.8. The average Bonchev–Trinajstić information content (AvgIpc) is 3.46. The van der Waals surface area contributed by atoms with Crippen molar-refractivity contribution in [1.82, 2.24) is 5.32 Å². The number of ether oxygens (including phenoxy) is 3. The first kappa shape index (κ1) is 74.3. The number of rotatable bonds is 53. The first-order valence-corrected chi connectivity index (χ1v) is 32.2. The van der Waals surface area contributed by atoms with Crippen LogP contribution in [0.25, 0.3) is 0 Å². The summed E-state index contributed by atoms with van der Waals surface area (Å²) in [6.45, 7) is 5.59. The summed E-state index contributed by atoms with van der Waals surface area (Å²) in [5.74, 6) is -1.23. The van der Waals surface area contributed by atoms with Gasteiger partial charge in [0.1, 0.15) is 24.4 Å². The van der Waals surface area contributed by atoms with E-state index in [1.54, 1.807) is 6.08 Å². The van der Waals surface area contributed by atoms with E-state index in [0.717, 1.165) is 109 Å². The fourth-order valence-corrected chi connectivity index (χ4v) is 9.41. The number of nitrogens with one attached hydrogen (secondary N) is 1. The number of carbonyl (C=O) groups is 2. The third-order valence-corrected chi connectivity index (χ3v) is 14.5. The van der Waals surface area contributed by atoms with Crippen LogP contribution < -0.4 is 5.32 Å². The van der Waals surface area contributed by atoms with Gasteiger partial charge in [-0.05, 0) is 89.9 Å². The van der Waals surface area contributed by atoms with E-state index in [-0.39, 0.29) is 19.4 Å². The third-order valence-electron chi connectivity index (χ3n) is 14.5. The zero-order chi connectivity index (χ0) is 58.2. The minimum Gasteiger partial charge on any atom is -0.454 e. The summed E-state index contributed by atoms with van der Waals surface area (Å²) in [5.41, 5.74) is 0. The summed E-state index contributed by atoms with van der Waals surface area (Å²) in [7, 11) is 0. The number of carbonyl (C=O) groups excluding carboxylic acids is 2. The summed E-state index contributed by atoms with van der Waals surface area (Å²) >= 11 is 0. The molecule has 11 heteroatoms. The zero-order valence-corrected chi connectivity index (χ0v) is 50.7. The Bertz CT molecular complexity index is 1710. The molecular formula is C69H117NO10. The predicted octanol–water partition coefficient (Wildman–Crippen LogP) is 15.7. The molecule has 458 valence electrons. The topological polar surface area (TPSA) is 175 Å². The second kappa shape index (κ2) is 55.8. The van der Waals surface area contributed by atoms with Crippen LogP contribution in [0.4, 0.5) is 0 Å². The minimum absolute atomic E-state index is 0.107. The fourth-order valence-electron chi connectivity index (χ4n) is 9.41. The van der Waals surface area contributed by atoms with Crippen LogP contribution in [0.1, 0.15) is 252 Å². The molecule has 1 saturated heterocycles.